The summed E-state index contributed by atoms with van der Waals surface area (Å²) in [5.41, 5.74) is 2.46. The highest BCUT2D eigenvalue weighted by molar-refractivity contribution is 6.30. The molecule has 6 heteroatoms. The molecule has 0 radical (unpaired) electrons. The normalized spacial score (nSPS) is 11.6. The summed E-state index contributed by atoms with van der Waals surface area (Å²) in [6.07, 6.45) is 1.06. The van der Waals surface area contributed by atoms with E-state index in [1.807, 2.05) is 32.0 Å². The van der Waals surface area contributed by atoms with Gasteiger partial charge in [0.1, 0.15) is 5.75 Å². The number of ether oxygens (including phenoxy) is 1. The summed E-state index contributed by atoms with van der Waals surface area (Å²) < 4.78 is 5.60. The van der Waals surface area contributed by atoms with Crippen LogP contribution < -0.4 is 15.4 Å². The average Bonchev–Trinajstić information content (AvgIpc) is 2.61. The van der Waals surface area contributed by atoms with Crippen molar-refractivity contribution in [2.45, 2.75) is 39.7 Å². The smallest absolute Gasteiger partial charge is 0.226 e. The van der Waals surface area contributed by atoms with Crippen molar-refractivity contribution in [3.8, 4) is 5.75 Å². The number of carbonyl (C=O) groups excluding carboxylic acids is 2. The zero-order valence-electron chi connectivity index (χ0n) is 15.8. The molecule has 2 rings (SSSR count). The zero-order chi connectivity index (χ0) is 19.8. The maximum atomic E-state index is 12.5. The monoisotopic (exact) mass is 388 g/mol. The van der Waals surface area contributed by atoms with Crippen molar-refractivity contribution in [3.63, 3.8) is 0 Å². The topological polar surface area (TPSA) is 67.4 Å². The molecule has 0 aliphatic rings. The van der Waals surface area contributed by atoms with Gasteiger partial charge in [-0.1, -0.05) is 30.7 Å². The second-order valence-electron chi connectivity index (χ2n) is 6.38. The van der Waals surface area contributed by atoms with Crippen molar-refractivity contribution in [2.75, 3.05) is 11.9 Å². The largest absolute Gasteiger partial charge is 0.494 e. The lowest BCUT2D eigenvalue weighted by Crippen LogP contribution is -2.29. The van der Waals surface area contributed by atoms with Crippen molar-refractivity contribution in [3.05, 3.63) is 58.6 Å². The number of halogens is 1. The van der Waals surface area contributed by atoms with Crippen LogP contribution >= 0.6 is 11.6 Å². The fourth-order valence-corrected chi connectivity index (χ4v) is 2.79. The Hall–Kier alpha value is -2.53. The summed E-state index contributed by atoms with van der Waals surface area (Å²) in [4.78, 5) is 24.1. The summed E-state index contributed by atoms with van der Waals surface area (Å²) >= 11 is 5.92. The van der Waals surface area contributed by atoms with Gasteiger partial charge in [-0.05, 0) is 54.8 Å². The molecule has 0 aliphatic heterocycles. The van der Waals surface area contributed by atoms with Gasteiger partial charge in [-0.3, -0.25) is 9.59 Å². The van der Waals surface area contributed by atoms with Crippen LogP contribution in [0.25, 0.3) is 0 Å². The summed E-state index contributed by atoms with van der Waals surface area (Å²) in [7, 11) is 0. The molecule has 0 heterocycles. The van der Waals surface area contributed by atoms with Gasteiger partial charge >= 0.3 is 0 Å². The van der Waals surface area contributed by atoms with Crippen LogP contribution in [-0.4, -0.2) is 18.4 Å². The molecular formula is C21H25ClN2O3. The summed E-state index contributed by atoms with van der Waals surface area (Å²) in [6.45, 7) is 6.05. The second kappa shape index (κ2) is 9.97. The number of nitrogens with one attached hydrogen (secondary N) is 2. The van der Waals surface area contributed by atoms with Gasteiger partial charge in [-0.15, -0.1) is 0 Å². The molecule has 0 fully saturated rings. The third-order valence-corrected chi connectivity index (χ3v) is 4.24. The molecule has 0 spiro atoms. The van der Waals surface area contributed by atoms with Crippen LogP contribution in [0.5, 0.6) is 5.75 Å². The molecule has 0 saturated heterocycles. The first kappa shape index (κ1) is 20.8. The zero-order valence-corrected chi connectivity index (χ0v) is 16.6. The van der Waals surface area contributed by atoms with Crippen molar-refractivity contribution >= 4 is 29.1 Å². The highest BCUT2D eigenvalue weighted by Crippen LogP contribution is 2.24. The Morgan fingerprint density at radius 3 is 2.44 bits per heavy atom. The molecule has 2 aromatic rings. The third-order valence-electron chi connectivity index (χ3n) is 3.98. The molecular weight excluding hydrogens is 364 g/mol. The second-order valence-corrected chi connectivity index (χ2v) is 6.82. The minimum atomic E-state index is -0.424. The van der Waals surface area contributed by atoms with Crippen LogP contribution in [0, 0.1) is 6.92 Å². The molecule has 0 bridgehead atoms. The molecule has 2 N–H and O–H groups in total. The minimum Gasteiger partial charge on any atom is -0.494 e. The van der Waals surface area contributed by atoms with Gasteiger partial charge in [0.05, 0.1) is 19.1 Å². The molecule has 1 atom stereocenters. The molecule has 5 nitrogen and oxygen atoms in total. The van der Waals surface area contributed by atoms with E-state index < -0.39 is 6.04 Å². The SMILES string of the molecule is CCCOc1ccc(NC(=O)C[C@@H](NC(C)=O)c2ccc(Cl)cc2)c(C)c1. The summed E-state index contributed by atoms with van der Waals surface area (Å²) in [5, 5.41) is 6.33. The van der Waals surface area contributed by atoms with E-state index in [0.717, 1.165) is 29.0 Å². The minimum absolute atomic E-state index is 0.120. The highest BCUT2D eigenvalue weighted by Gasteiger charge is 2.18. The van der Waals surface area contributed by atoms with E-state index >= 15 is 0 Å². The van der Waals surface area contributed by atoms with Gasteiger partial charge in [-0.2, -0.15) is 0 Å². The van der Waals surface area contributed by atoms with Gasteiger partial charge in [0.2, 0.25) is 11.8 Å². The molecule has 0 aromatic heterocycles. The van der Waals surface area contributed by atoms with Gasteiger partial charge in [-0.25, -0.2) is 0 Å². The number of rotatable bonds is 8. The van der Waals surface area contributed by atoms with Gasteiger partial charge < -0.3 is 15.4 Å². The lowest BCUT2D eigenvalue weighted by molar-refractivity contribution is -0.120. The Morgan fingerprint density at radius 2 is 1.85 bits per heavy atom. The van der Waals surface area contributed by atoms with Crippen LogP contribution in [0.2, 0.25) is 5.02 Å². The summed E-state index contributed by atoms with van der Waals surface area (Å²) in [6, 6.07) is 12.2. The van der Waals surface area contributed by atoms with Crippen molar-refractivity contribution < 1.29 is 14.3 Å². The predicted octanol–water partition coefficient (Wildman–Crippen LogP) is 4.64. The Bertz CT molecular complexity index is 791. The lowest BCUT2D eigenvalue weighted by Gasteiger charge is -2.19. The van der Waals surface area contributed by atoms with Crippen LogP contribution in [0.15, 0.2) is 42.5 Å². The number of aryl methyl sites for hydroxylation is 1. The number of carbonyl (C=O) groups is 2. The Kier molecular flexibility index (Phi) is 7.67. The maximum absolute atomic E-state index is 12.5. The van der Waals surface area contributed by atoms with E-state index in [2.05, 4.69) is 10.6 Å². The maximum Gasteiger partial charge on any atom is 0.226 e. The van der Waals surface area contributed by atoms with E-state index in [1.54, 1.807) is 24.3 Å². The Morgan fingerprint density at radius 1 is 1.15 bits per heavy atom. The first-order chi connectivity index (χ1) is 12.9. The molecule has 27 heavy (non-hydrogen) atoms. The van der Waals surface area contributed by atoms with E-state index in [0.29, 0.717) is 11.6 Å². The number of benzene rings is 2. The Labute approximate surface area is 165 Å². The first-order valence-corrected chi connectivity index (χ1v) is 9.32. The number of amides is 2. The lowest BCUT2D eigenvalue weighted by atomic mass is 10.0. The van der Waals surface area contributed by atoms with Gasteiger partial charge in [0.25, 0.3) is 0 Å². The molecule has 0 saturated carbocycles. The fourth-order valence-electron chi connectivity index (χ4n) is 2.67. The first-order valence-electron chi connectivity index (χ1n) is 8.95. The Balaban J connectivity index is 2.06. The molecule has 0 unspecified atom stereocenters. The molecule has 0 aliphatic carbocycles. The van der Waals surface area contributed by atoms with Crippen LogP contribution in [0.3, 0.4) is 0 Å². The highest BCUT2D eigenvalue weighted by atomic mass is 35.5. The van der Waals surface area contributed by atoms with E-state index in [9.17, 15) is 9.59 Å². The number of hydrogen-bond donors (Lipinski definition) is 2. The fraction of sp³-hybridized carbons (Fsp3) is 0.333. The summed E-state index contributed by atoms with van der Waals surface area (Å²) in [5.74, 6) is 0.398. The van der Waals surface area contributed by atoms with Crippen LogP contribution in [0.4, 0.5) is 5.69 Å². The van der Waals surface area contributed by atoms with Crippen molar-refractivity contribution in [2.24, 2.45) is 0 Å². The number of hydrogen-bond acceptors (Lipinski definition) is 3. The van der Waals surface area contributed by atoms with E-state index in [-0.39, 0.29) is 18.2 Å². The molecule has 144 valence electrons. The van der Waals surface area contributed by atoms with Crippen LogP contribution in [0.1, 0.15) is 43.9 Å². The van der Waals surface area contributed by atoms with E-state index in [1.165, 1.54) is 6.92 Å². The van der Waals surface area contributed by atoms with Crippen LogP contribution in [-0.2, 0) is 9.59 Å². The standard InChI is InChI=1S/C21H25ClN2O3/c1-4-11-27-18-9-10-19(14(2)12-18)24-21(26)13-20(23-15(3)25)16-5-7-17(22)8-6-16/h5-10,12,20H,4,11,13H2,1-3H3,(H,23,25)(H,24,26)/t20-/m1/s1. The quantitative estimate of drug-likeness (QED) is 0.692. The molecule has 2 aromatic carbocycles. The predicted molar refractivity (Wildman–Crippen MR) is 108 cm³/mol. The average molecular weight is 389 g/mol. The molecule has 2 amide bonds. The third kappa shape index (κ3) is 6.61. The van der Waals surface area contributed by atoms with Gasteiger partial charge in [0, 0.05) is 17.6 Å². The van der Waals surface area contributed by atoms with Gasteiger partial charge in [0.15, 0.2) is 0 Å². The van der Waals surface area contributed by atoms with E-state index in [4.69, 9.17) is 16.3 Å². The van der Waals surface area contributed by atoms with Crippen molar-refractivity contribution in [1.29, 1.82) is 0 Å². The van der Waals surface area contributed by atoms with Crippen molar-refractivity contribution in [1.82, 2.24) is 5.32 Å². The number of anilines is 1.